The first-order valence-corrected chi connectivity index (χ1v) is 9.66. The van der Waals surface area contributed by atoms with Crippen molar-refractivity contribution in [1.82, 2.24) is 9.62 Å². The highest BCUT2D eigenvalue weighted by Crippen LogP contribution is 2.20. The fourth-order valence-corrected chi connectivity index (χ4v) is 4.15. The van der Waals surface area contributed by atoms with Crippen LogP contribution in [-0.4, -0.2) is 46.2 Å². The fourth-order valence-electron chi connectivity index (χ4n) is 2.85. The lowest BCUT2D eigenvalue weighted by molar-refractivity contribution is 0.0345. The van der Waals surface area contributed by atoms with E-state index in [4.69, 9.17) is 4.74 Å². The fraction of sp³-hybridized carbons (Fsp3) is 0.333. The number of morpholine rings is 1. The zero-order valence-corrected chi connectivity index (χ0v) is 14.6. The third-order valence-electron chi connectivity index (χ3n) is 4.17. The molecule has 0 aliphatic carbocycles. The molecule has 0 saturated carbocycles. The van der Waals surface area contributed by atoms with Gasteiger partial charge >= 0.3 is 0 Å². The van der Waals surface area contributed by atoms with E-state index in [-0.39, 0.29) is 4.90 Å². The smallest absolute Gasteiger partial charge is 0.244 e. The first-order chi connectivity index (χ1) is 12.1. The van der Waals surface area contributed by atoms with E-state index in [1.807, 2.05) is 30.3 Å². The minimum Gasteiger partial charge on any atom is -0.379 e. The van der Waals surface area contributed by atoms with Gasteiger partial charge in [0.1, 0.15) is 10.7 Å². The summed E-state index contributed by atoms with van der Waals surface area (Å²) in [7, 11) is -3.97. The number of benzene rings is 2. The van der Waals surface area contributed by atoms with E-state index in [0.29, 0.717) is 19.8 Å². The number of halogens is 1. The van der Waals surface area contributed by atoms with Crippen molar-refractivity contribution in [2.24, 2.45) is 0 Å². The van der Waals surface area contributed by atoms with Gasteiger partial charge in [-0.2, -0.15) is 0 Å². The maximum atomic E-state index is 14.0. The molecule has 2 aromatic rings. The van der Waals surface area contributed by atoms with E-state index in [1.54, 1.807) is 0 Å². The van der Waals surface area contributed by atoms with Crippen molar-refractivity contribution in [3.8, 4) is 0 Å². The molecule has 0 radical (unpaired) electrons. The second kappa shape index (κ2) is 8.05. The Morgan fingerprint density at radius 3 is 2.36 bits per heavy atom. The molecular weight excluding hydrogens is 343 g/mol. The van der Waals surface area contributed by atoms with Gasteiger partial charge in [-0.3, -0.25) is 4.90 Å². The number of rotatable bonds is 6. The Bertz CT molecular complexity index is 793. The third kappa shape index (κ3) is 4.64. The van der Waals surface area contributed by atoms with Crippen LogP contribution in [0.15, 0.2) is 59.5 Å². The summed E-state index contributed by atoms with van der Waals surface area (Å²) in [4.78, 5) is 1.81. The van der Waals surface area contributed by atoms with Crippen LogP contribution in [-0.2, 0) is 14.8 Å². The third-order valence-corrected chi connectivity index (χ3v) is 5.67. The van der Waals surface area contributed by atoms with Crippen molar-refractivity contribution < 1.29 is 17.5 Å². The van der Waals surface area contributed by atoms with Crippen molar-refractivity contribution >= 4 is 10.0 Å². The standard InChI is InChI=1S/C18H21FN2O3S/c19-16-8-4-5-9-18(16)25(22,23)20-17(15-6-2-1-3-7-15)14-21-10-12-24-13-11-21/h1-9,17,20H,10-14H2/t17-/m1/s1. The molecule has 25 heavy (non-hydrogen) atoms. The van der Waals surface area contributed by atoms with Crippen molar-refractivity contribution in [1.29, 1.82) is 0 Å². The highest BCUT2D eigenvalue weighted by Gasteiger charge is 2.26. The van der Waals surface area contributed by atoms with Crippen LogP contribution in [0.4, 0.5) is 4.39 Å². The monoisotopic (exact) mass is 364 g/mol. The minimum absolute atomic E-state index is 0.335. The number of nitrogens with zero attached hydrogens (tertiary/aromatic N) is 1. The van der Waals surface area contributed by atoms with Crippen LogP contribution in [0, 0.1) is 5.82 Å². The molecule has 1 N–H and O–H groups in total. The molecule has 0 spiro atoms. The minimum atomic E-state index is -3.97. The average Bonchev–Trinajstić information content (AvgIpc) is 2.63. The molecule has 0 aromatic heterocycles. The normalized spacial score (nSPS) is 17.3. The Kier molecular flexibility index (Phi) is 5.80. The summed E-state index contributed by atoms with van der Waals surface area (Å²) in [6.07, 6.45) is 0. The van der Waals surface area contributed by atoms with Crippen molar-refractivity contribution in [2.75, 3.05) is 32.8 Å². The molecule has 0 bridgehead atoms. The van der Waals surface area contributed by atoms with Gasteiger partial charge in [0.15, 0.2) is 0 Å². The van der Waals surface area contributed by atoms with Gasteiger partial charge in [0.05, 0.1) is 19.3 Å². The molecule has 134 valence electrons. The number of hydrogen-bond acceptors (Lipinski definition) is 4. The second-order valence-corrected chi connectivity index (χ2v) is 7.61. The molecule has 1 fully saturated rings. The van der Waals surface area contributed by atoms with Gasteiger partial charge in [0.2, 0.25) is 10.0 Å². The van der Waals surface area contributed by atoms with Gasteiger partial charge in [-0.05, 0) is 17.7 Å². The Labute approximate surface area is 147 Å². The summed E-state index contributed by atoms with van der Waals surface area (Å²) in [5.41, 5.74) is 0.842. The van der Waals surface area contributed by atoms with Gasteiger partial charge in [0.25, 0.3) is 0 Å². The van der Waals surface area contributed by atoms with E-state index >= 15 is 0 Å². The molecular formula is C18H21FN2O3S. The van der Waals surface area contributed by atoms with E-state index in [9.17, 15) is 12.8 Å². The summed E-state index contributed by atoms with van der Waals surface area (Å²) >= 11 is 0. The molecule has 7 heteroatoms. The van der Waals surface area contributed by atoms with E-state index in [2.05, 4.69) is 9.62 Å². The van der Waals surface area contributed by atoms with Crippen LogP contribution in [0.3, 0.4) is 0 Å². The maximum Gasteiger partial charge on any atom is 0.244 e. The topological polar surface area (TPSA) is 58.6 Å². The Morgan fingerprint density at radius 2 is 1.68 bits per heavy atom. The van der Waals surface area contributed by atoms with Crippen LogP contribution in [0.2, 0.25) is 0 Å². The van der Waals surface area contributed by atoms with Crippen molar-refractivity contribution in [2.45, 2.75) is 10.9 Å². The zero-order valence-electron chi connectivity index (χ0n) is 13.8. The van der Waals surface area contributed by atoms with Gasteiger partial charge in [-0.15, -0.1) is 0 Å². The van der Waals surface area contributed by atoms with Crippen LogP contribution in [0.1, 0.15) is 11.6 Å². The Balaban J connectivity index is 1.85. The highest BCUT2D eigenvalue weighted by atomic mass is 32.2. The lowest BCUT2D eigenvalue weighted by Gasteiger charge is -2.31. The number of sulfonamides is 1. The van der Waals surface area contributed by atoms with Gasteiger partial charge in [0, 0.05) is 19.6 Å². The van der Waals surface area contributed by atoms with Gasteiger partial charge in [-0.25, -0.2) is 17.5 Å². The molecule has 1 heterocycles. The lowest BCUT2D eigenvalue weighted by atomic mass is 10.1. The molecule has 3 rings (SSSR count). The van der Waals surface area contributed by atoms with E-state index < -0.39 is 21.9 Å². The molecule has 1 aliphatic heterocycles. The largest absolute Gasteiger partial charge is 0.379 e. The number of ether oxygens (including phenoxy) is 1. The second-order valence-electron chi connectivity index (χ2n) is 5.93. The molecule has 2 aromatic carbocycles. The summed E-state index contributed by atoms with van der Waals surface area (Å²) in [6.45, 7) is 3.24. The number of nitrogens with one attached hydrogen (secondary N) is 1. The summed E-state index contributed by atoms with van der Waals surface area (Å²) < 4.78 is 47.3. The first kappa shape index (κ1) is 18.0. The lowest BCUT2D eigenvalue weighted by Crippen LogP contribution is -2.43. The molecule has 1 aliphatic rings. The summed E-state index contributed by atoms with van der Waals surface area (Å²) in [5, 5.41) is 0. The van der Waals surface area contributed by atoms with E-state index in [0.717, 1.165) is 24.7 Å². The predicted octanol–water partition coefficient (Wildman–Crippen LogP) is 2.18. The molecule has 0 unspecified atom stereocenters. The maximum absolute atomic E-state index is 14.0. The molecule has 0 amide bonds. The molecule has 5 nitrogen and oxygen atoms in total. The van der Waals surface area contributed by atoms with Crippen LogP contribution < -0.4 is 4.72 Å². The van der Waals surface area contributed by atoms with Crippen LogP contribution in [0.25, 0.3) is 0 Å². The highest BCUT2D eigenvalue weighted by molar-refractivity contribution is 7.89. The zero-order chi connectivity index (χ0) is 17.7. The number of hydrogen-bond donors (Lipinski definition) is 1. The molecule has 1 atom stereocenters. The van der Waals surface area contributed by atoms with E-state index in [1.165, 1.54) is 18.2 Å². The summed E-state index contributed by atoms with van der Waals surface area (Å²) in [6, 6.07) is 14.3. The predicted molar refractivity (Wildman–Crippen MR) is 93.2 cm³/mol. The summed E-state index contributed by atoms with van der Waals surface area (Å²) in [5.74, 6) is -0.756. The van der Waals surface area contributed by atoms with Gasteiger partial charge < -0.3 is 4.74 Å². The van der Waals surface area contributed by atoms with Crippen molar-refractivity contribution in [3.05, 3.63) is 66.0 Å². The SMILES string of the molecule is O=S(=O)(N[C@H](CN1CCOCC1)c1ccccc1)c1ccccc1F. The van der Waals surface area contributed by atoms with Crippen LogP contribution in [0.5, 0.6) is 0 Å². The quantitative estimate of drug-likeness (QED) is 0.854. The van der Waals surface area contributed by atoms with Crippen molar-refractivity contribution in [3.63, 3.8) is 0 Å². The Hall–Kier alpha value is -1.80. The first-order valence-electron chi connectivity index (χ1n) is 8.18. The molecule has 1 saturated heterocycles. The van der Waals surface area contributed by atoms with Crippen LogP contribution >= 0.6 is 0 Å². The van der Waals surface area contributed by atoms with Gasteiger partial charge in [-0.1, -0.05) is 42.5 Å². The Morgan fingerprint density at radius 1 is 1.04 bits per heavy atom. The average molecular weight is 364 g/mol.